The van der Waals surface area contributed by atoms with Crippen LogP contribution >= 0.6 is 11.3 Å². The Bertz CT molecular complexity index is 1020. The highest BCUT2D eigenvalue weighted by Crippen LogP contribution is 2.26. The van der Waals surface area contributed by atoms with E-state index in [-0.39, 0.29) is 5.82 Å². The first-order chi connectivity index (χ1) is 11.7. The van der Waals surface area contributed by atoms with Gasteiger partial charge in [0.1, 0.15) is 5.01 Å². The second kappa shape index (κ2) is 5.78. The maximum atomic E-state index is 12.3. The monoisotopic (exact) mass is 337 g/mol. The standard InChI is InChI=1S/C15H11N7OS/c1-9-7-8-16-14-17-11(21-22(9)14)12(23)18-15-20-19-13(24-15)10-5-3-2-4-6-10/h2-8H,1H3,(H,18,20,23). The fourth-order valence-electron chi connectivity index (χ4n) is 2.13. The summed E-state index contributed by atoms with van der Waals surface area (Å²) >= 11 is 1.29. The Morgan fingerprint density at radius 2 is 2.00 bits per heavy atom. The van der Waals surface area contributed by atoms with E-state index in [1.165, 1.54) is 15.9 Å². The van der Waals surface area contributed by atoms with Crippen LogP contribution in [0.5, 0.6) is 0 Å². The summed E-state index contributed by atoms with van der Waals surface area (Å²) in [4.78, 5) is 20.5. The van der Waals surface area contributed by atoms with Crippen molar-refractivity contribution in [1.29, 1.82) is 0 Å². The number of carbonyl (C=O) groups excluding carboxylic acids is 1. The SMILES string of the molecule is Cc1ccnc2nc(C(=O)Nc3nnc(-c4ccccc4)s3)nn12. The highest BCUT2D eigenvalue weighted by molar-refractivity contribution is 7.18. The van der Waals surface area contributed by atoms with Crippen molar-refractivity contribution in [2.75, 3.05) is 5.32 Å². The van der Waals surface area contributed by atoms with E-state index in [1.54, 1.807) is 12.3 Å². The zero-order valence-electron chi connectivity index (χ0n) is 12.5. The molecule has 4 rings (SSSR count). The molecular formula is C15H11N7OS. The molecular weight excluding hydrogens is 326 g/mol. The summed E-state index contributed by atoms with van der Waals surface area (Å²) in [5, 5.41) is 16.0. The Morgan fingerprint density at radius 1 is 1.17 bits per heavy atom. The zero-order valence-corrected chi connectivity index (χ0v) is 13.4. The van der Waals surface area contributed by atoms with Gasteiger partial charge in [-0.1, -0.05) is 41.7 Å². The first-order valence-corrected chi connectivity index (χ1v) is 7.91. The number of amides is 1. The Morgan fingerprint density at radius 3 is 2.79 bits per heavy atom. The first kappa shape index (κ1) is 14.4. The number of carbonyl (C=O) groups is 1. The van der Waals surface area contributed by atoms with E-state index in [1.807, 2.05) is 37.3 Å². The van der Waals surface area contributed by atoms with E-state index < -0.39 is 5.91 Å². The molecule has 8 nitrogen and oxygen atoms in total. The number of benzene rings is 1. The molecule has 24 heavy (non-hydrogen) atoms. The molecule has 0 aliphatic rings. The molecule has 118 valence electrons. The molecule has 0 bridgehead atoms. The van der Waals surface area contributed by atoms with Crippen LogP contribution in [0.3, 0.4) is 0 Å². The topological polar surface area (TPSA) is 98.0 Å². The van der Waals surface area contributed by atoms with Crippen molar-refractivity contribution in [3.8, 4) is 10.6 Å². The first-order valence-electron chi connectivity index (χ1n) is 7.09. The van der Waals surface area contributed by atoms with Crippen LogP contribution in [0.15, 0.2) is 42.6 Å². The third kappa shape index (κ3) is 2.61. The number of aryl methyl sites for hydroxylation is 1. The van der Waals surface area contributed by atoms with Gasteiger partial charge in [0.15, 0.2) is 0 Å². The van der Waals surface area contributed by atoms with Gasteiger partial charge < -0.3 is 0 Å². The van der Waals surface area contributed by atoms with Gasteiger partial charge in [0.2, 0.25) is 11.0 Å². The van der Waals surface area contributed by atoms with Crippen molar-refractivity contribution in [2.24, 2.45) is 0 Å². The van der Waals surface area contributed by atoms with E-state index in [4.69, 9.17) is 0 Å². The minimum absolute atomic E-state index is 0.0354. The Kier molecular flexibility index (Phi) is 3.47. The van der Waals surface area contributed by atoms with Gasteiger partial charge in [0, 0.05) is 17.5 Å². The van der Waals surface area contributed by atoms with Crippen molar-refractivity contribution in [3.63, 3.8) is 0 Å². The number of nitrogens with one attached hydrogen (secondary N) is 1. The molecule has 0 saturated carbocycles. The van der Waals surface area contributed by atoms with Crippen molar-refractivity contribution in [1.82, 2.24) is 29.8 Å². The van der Waals surface area contributed by atoms with Crippen molar-refractivity contribution in [3.05, 3.63) is 54.1 Å². The molecule has 3 aromatic heterocycles. The Hall–Kier alpha value is -3.20. The van der Waals surface area contributed by atoms with Gasteiger partial charge in [0.25, 0.3) is 11.7 Å². The lowest BCUT2D eigenvalue weighted by Crippen LogP contribution is -2.13. The molecule has 0 unspecified atom stereocenters. The number of hydrogen-bond donors (Lipinski definition) is 1. The van der Waals surface area contributed by atoms with Gasteiger partial charge in [0.05, 0.1) is 0 Å². The van der Waals surface area contributed by atoms with Crippen LogP contribution in [-0.2, 0) is 0 Å². The molecule has 0 radical (unpaired) electrons. The largest absolute Gasteiger partial charge is 0.297 e. The fourth-order valence-corrected chi connectivity index (χ4v) is 2.87. The highest BCUT2D eigenvalue weighted by Gasteiger charge is 2.16. The smallest absolute Gasteiger partial charge is 0.294 e. The van der Waals surface area contributed by atoms with E-state index in [9.17, 15) is 4.79 Å². The van der Waals surface area contributed by atoms with Crippen LogP contribution in [0.25, 0.3) is 16.3 Å². The van der Waals surface area contributed by atoms with Crippen LogP contribution < -0.4 is 5.32 Å². The highest BCUT2D eigenvalue weighted by atomic mass is 32.1. The molecule has 9 heteroatoms. The number of rotatable bonds is 3. The number of hydrogen-bond acceptors (Lipinski definition) is 7. The summed E-state index contributed by atoms with van der Waals surface area (Å²) < 4.78 is 1.52. The summed E-state index contributed by atoms with van der Waals surface area (Å²) in [6, 6.07) is 11.4. The lowest BCUT2D eigenvalue weighted by atomic mass is 10.2. The molecule has 0 aliphatic carbocycles. The van der Waals surface area contributed by atoms with E-state index in [0.717, 1.165) is 16.3 Å². The maximum absolute atomic E-state index is 12.3. The molecule has 0 saturated heterocycles. The molecule has 0 aliphatic heterocycles. The van der Waals surface area contributed by atoms with Crippen molar-refractivity contribution >= 4 is 28.2 Å². The van der Waals surface area contributed by atoms with Gasteiger partial charge in [-0.05, 0) is 13.0 Å². The zero-order chi connectivity index (χ0) is 16.5. The molecule has 3 heterocycles. The molecule has 0 spiro atoms. The van der Waals surface area contributed by atoms with Crippen molar-refractivity contribution < 1.29 is 4.79 Å². The van der Waals surface area contributed by atoms with Gasteiger partial charge in [-0.2, -0.15) is 4.98 Å². The molecule has 1 N–H and O–H groups in total. The number of fused-ring (bicyclic) bond motifs is 1. The summed E-state index contributed by atoms with van der Waals surface area (Å²) in [5.41, 5.74) is 1.79. The lowest BCUT2D eigenvalue weighted by molar-refractivity contribution is 0.101. The minimum atomic E-state index is -0.448. The number of anilines is 1. The maximum Gasteiger partial charge on any atom is 0.297 e. The lowest BCUT2D eigenvalue weighted by Gasteiger charge is -1.95. The minimum Gasteiger partial charge on any atom is -0.294 e. The fraction of sp³-hybridized carbons (Fsp3) is 0.0667. The Labute approximate surface area is 140 Å². The molecule has 1 aromatic carbocycles. The second-order valence-corrected chi connectivity index (χ2v) is 5.94. The van der Waals surface area contributed by atoms with E-state index >= 15 is 0 Å². The van der Waals surface area contributed by atoms with E-state index in [2.05, 4.69) is 30.6 Å². The third-order valence-electron chi connectivity index (χ3n) is 3.30. The van der Waals surface area contributed by atoms with Crippen LogP contribution in [0.2, 0.25) is 0 Å². The number of aromatic nitrogens is 6. The molecule has 0 atom stereocenters. The second-order valence-electron chi connectivity index (χ2n) is 4.97. The average Bonchev–Trinajstić information content (AvgIpc) is 3.23. The predicted octanol–water partition coefficient (Wildman–Crippen LogP) is 2.20. The van der Waals surface area contributed by atoms with Gasteiger partial charge in [-0.25, -0.2) is 9.50 Å². The normalized spacial score (nSPS) is 10.9. The van der Waals surface area contributed by atoms with Crippen LogP contribution in [0, 0.1) is 6.92 Å². The molecule has 4 aromatic rings. The van der Waals surface area contributed by atoms with Crippen LogP contribution in [0.4, 0.5) is 5.13 Å². The van der Waals surface area contributed by atoms with Crippen LogP contribution in [0.1, 0.15) is 16.3 Å². The summed E-state index contributed by atoms with van der Waals surface area (Å²) in [6.07, 6.45) is 1.62. The quantitative estimate of drug-likeness (QED) is 0.615. The third-order valence-corrected chi connectivity index (χ3v) is 4.19. The average molecular weight is 337 g/mol. The van der Waals surface area contributed by atoms with Crippen molar-refractivity contribution in [2.45, 2.75) is 6.92 Å². The van der Waals surface area contributed by atoms with Crippen LogP contribution in [-0.4, -0.2) is 35.7 Å². The summed E-state index contributed by atoms with van der Waals surface area (Å²) in [5.74, 6) is -0.0358. The van der Waals surface area contributed by atoms with Gasteiger partial charge >= 0.3 is 0 Å². The van der Waals surface area contributed by atoms with E-state index in [0.29, 0.717) is 10.9 Å². The molecule has 0 fully saturated rings. The van der Waals surface area contributed by atoms with Gasteiger partial charge in [-0.15, -0.1) is 15.3 Å². The predicted molar refractivity (Wildman–Crippen MR) is 88.8 cm³/mol. The number of nitrogens with zero attached hydrogens (tertiary/aromatic N) is 6. The summed E-state index contributed by atoms with van der Waals surface area (Å²) in [7, 11) is 0. The molecule has 1 amide bonds. The Balaban J connectivity index is 1.57. The van der Waals surface area contributed by atoms with Gasteiger partial charge in [-0.3, -0.25) is 10.1 Å². The summed E-state index contributed by atoms with van der Waals surface area (Å²) in [6.45, 7) is 1.86.